The van der Waals surface area contributed by atoms with Crippen LogP contribution in [0.25, 0.3) is 22.2 Å². The summed E-state index contributed by atoms with van der Waals surface area (Å²) < 4.78 is 18.6. The number of hydrogen-bond acceptors (Lipinski definition) is 11. The van der Waals surface area contributed by atoms with E-state index in [-0.39, 0.29) is 64.4 Å². The Hall–Kier alpha value is -4.42. The van der Waals surface area contributed by atoms with Crippen LogP contribution in [-0.2, 0) is 20.9 Å². The second-order valence-electron chi connectivity index (χ2n) is 12.9. The van der Waals surface area contributed by atoms with Crippen molar-refractivity contribution in [2.45, 2.75) is 44.9 Å². The second-order valence-corrected chi connectivity index (χ2v) is 13.7. The van der Waals surface area contributed by atoms with E-state index in [2.05, 4.69) is 21.4 Å². The lowest BCUT2D eigenvalue weighted by Crippen LogP contribution is -2.55. The fourth-order valence-corrected chi connectivity index (χ4v) is 7.04. The minimum Gasteiger partial charge on any atom is -0.495 e. The largest absolute Gasteiger partial charge is 0.495 e. The number of nitriles is 1. The summed E-state index contributed by atoms with van der Waals surface area (Å²) in [6.45, 7) is 6.41. The Kier molecular flexibility index (Phi) is 11.8. The summed E-state index contributed by atoms with van der Waals surface area (Å²) in [5.41, 5.74) is -0.135. The average molecular weight is 742 g/mol. The van der Waals surface area contributed by atoms with Crippen molar-refractivity contribution in [2.75, 3.05) is 73.0 Å². The van der Waals surface area contributed by atoms with Gasteiger partial charge in [0.25, 0.3) is 11.5 Å². The summed E-state index contributed by atoms with van der Waals surface area (Å²) in [5.74, 6) is 0.586. The van der Waals surface area contributed by atoms with Crippen molar-refractivity contribution in [1.82, 2.24) is 29.2 Å². The molecular weight excluding hydrogens is 699 g/mol. The number of benzene rings is 1. The maximum atomic E-state index is 14.1. The van der Waals surface area contributed by atoms with Gasteiger partial charge in [-0.1, -0.05) is 23.2 Å². The zero-order chi connectivity index (χ0) is 37.0. The first kappa shape index (κ1) is 37.8. The van der Waals surface area contributed by atoms with Crippen LogP contribution in [0.1, 0.15) is 26.7 Å². The van der Waals surface area contributed by atoms with Gasteiger partial charge in [-0.05, 0) is 38.8 Å². The number of rotatable bonds is 11. The number of likely N-dealkylation sites (N-methyl/N-ethyl adjacent to an activating group) is 1. The highest BCUT2D eigenvalue weighted by Crippen LogP contribution is 2.45. The number of methoxy groups -OCH3 is 2. The fraction of sp³-hybridized carbons (Fsp3) is 0.486. The van der Waals surface area contributed by atoms with Gasteiger partial charge in [-0.3, -0.25) is 23.9 Å². The minimum absolute atomic E-state index is 0.00251. The summed E-state index contributed by atoms with van der Waals surface area (Å²) in [5, 5.41) is 13.7. The molecule has 2 aliphatic heterocycles. The Balaban J connectivity index is 1.30. The van der Waals surface area contributed by atoms with Crippen molar-refractivity contribution in [2.24, 2.45) is 0 Å². The molecule has 1 aromatic carbocycles. The van der Waals surface area contributed by atoms with Gasteiger partial charge < -0.3 is 29.3 Å². The number of halogens is 2. The first-order valence-electron chi connectivity index (χ1n) is 16.5. The van der Waals surface area contributed by atoms with Crippen LogP contribution >= 0.6 is 23.2 Å². The van der Waals surface area contributed by atoms with E-state index < -0.39 is 11.1 Å². The minimum atomic E-state index is -0.660. The summed E-state index contributed by atoms with van der Waals surface area (Å²) >= 11 is 13.4. The number of piperazine rings is 1. The van der Waals surface area contributed by atoms with Crippen molar-refractivity contribution in [3.63, 3.8) is 0 Å². The molecule has 272 valence electrons. The van der Waals surface area contributed by atoms with Gasteiger partial charge in [0.2, 0.25) is 11.9 Å². The number of nitrogens with zero attached hydrogens (tertiary/aromatic N) is 7. The number of piperidine rings is 1. The van der Waals surface area contributed by atoms with Gasteiger partial charge >= 0.3 is 0 Å². The Morgan fingerprint density at radius 3 is 2.35 bits per heavy atom. The number of fused-ring (bicyclic) bond motifs is 1. The quantitative estimate of drug-likeness (QED) is 0.225. The van der Waals surface area contributed by atoms with Crippen LogP contribution in [-0.4, -0.2) is 120 Å². The molecule has 2 amide bonds. The van der Waals surface area contributed by atoms with Crippen molar-refractivity contribution < 1.29 is 23.8 Å². The molecule has 0 bridgehead atoms. The maximum Gasteiger partial charge on any atom is 0.264 e. The summed E-state index contributed by atoms with van der Waals surface area (Å²) in [4.78, 5) is 54.0. The molecule has 14 nitrogen and oxygen atoms in total. The number of amides is 2. The van der Waals surface area contributed by atoms with Gasteiger partial charge in [0.1, 0.15) is 28.8 Å². The molecule has 2 aliphatic rings. The Morgan fingerprint density at radius 1 is 1.10 bits per heavy atom. The van der Waals surface area contributed by atoms with Crippen LogP contribution in [0.4, 0.5) is 5.95 Å². The molecule has 0 unspecified atom stereocenters. The Labute approximate surface area is 306 Å². The molecule has 4 heterocycles. The lowest BCUT2D eigenvalue weighted by atomic mass is 9.97. The summed E-state index contributed by atoms with van der Waals surface area (Å²) in [6, 6.07) is 5.28. The van der Waals surface area contributed by atoms with Crippen LogP contribution in [0.3, 0.4) is 0 Å². The smallest absolute Gasteiger partial charge is 0.264 e. The third-order valence-corrected chi connectivity index (χ3v) is 10.2. The SMILES string of the molecule is CNc1ncc2cc(-c3c(Cl)c(OC)cc(OC)c3Cl)c(=O)n(CCOC3CCN(C(=O)C(C#N)=CC(C)(C)N4CCN(C)C(=O)C4)CC3)c2n1. The maximum absolute atomic E-state index is 14.1. The van der Waals surface area contributed by atoms with Crippen molar-refractivity contribution in [3.05, 3.63) is 50.4 Å². The molecule has 0 spiro atoms. The van der Waals surface area contributed by atoms with Crippen molar-refractivity contribution in [3.8, 4) is 28.7 Å². The van der Waals surface area contributed by atoms with Gasteiger partial charge in [-0.15, -0.1) is 0 Å². The third-order valence-electron chi connectivity index (χ3n) is 9.41. The monoisotopic (exact) mass is 740 g/mol. The van der Waals surface area contributed by atoms with Crippen LogP contribution < -0.4 is 20.3 Å². The summed E-state index contributed by atoms with van der Waals surface area (Å²) in [6.07, 6.45) is 4.21. The van der Waals surface area contributed by atoms with Gasteiger partial charge in [0, 0.05) is 69.0 Å². The number of aromatic nitrogens is 3. The van der Waals surface area contributed by atoms with Crippen molar-refractivity contribution >= 4 is 52.0 Å². The number of carbonyl (C=O) groups is 2. The standard InChI is InChI=1S/C35H42Cl2N8O6/c1-35(2,44-12-11-42(4)27(46)20-44)17-22(18-38)32(47)43-9-7-23(8-10-43)51-14-13-45-31-21(19-40-34(39-3)41-31)15-24(33(45)48)28-29(36)25(49-5)16-26(50-6)30(28)37/h15-17,19,23H,7-14,20H2,1-6H3,(H,39,40,41). The van der Waals surface area contributed by atoms with E-state index in [1.54, 1.807) is 48.3 Å². The van der Waals surface area contributed by atoms with E-state index in [4.69, 9.17) is 37.4 Å². The molecule has 2 fully saturated rings. The summed E-state index contributed by atoms with van der Waals surface area (Å²) in [7, 11) is 6.37. The van der Waals surface area contributed by atoms with Crippen LogP contribution in [0.2, 0.25) is 10.0 Å². The molecule has 1 N–H and O–H groups in total. The molecule has 0 radical (unpaired) electrons. The molecule has 51 heavy (non-hydrogen) atoms. The Bertz CT molecular complexity index is 1920. The predicted octanol–water partition coefficient (Wildman–Crippen LogP) is 3.83. The van der Waals surface area contributed by atoms with E-state index in [0.29, 0.717) is 67.5 Å². The number of nitrogens with one attached hydrogen (secondary N) is 1. The van der Waals surface area contributed by atoms with Gasteiger partial charge in [-0.2, -0.15) is 10.2 Å². The second kappa shape index (κ2) is 15.9. The van der Waals surface area contributed by atoms with Crippen LogP contribution in [0, 0.1) is 11.3 Å². The van der Waals surface area contributed by atoms with E-state index in [1.807, 2.05) is 18.7 Å². The fourth-order valence-electron chi connectivity index (χ4n) is 6.33. The number of likely N-dealkylation sites (tertiary alicyclic amines) is 1. The lowest BCUT2D eigenvalue weighted by molar-refractivity contribution is -0.136. The van der Waals surface area contributed by atoms with E-state index in [0.717, 1.165) is 0 Å². The zero-order valence-electron chi connectivity index (χ0n) is 29.6. The average Bonchev–Trinajstić information content (AvgIpc) is 3.12. The topological polar surface area (TPSA) is 155 Å². The highest BCUT2D eigenvalue weighted by Gasteiger charge is 2.34. The van der Waals surface area contributed by atoms with Gasteiger partial charge in [0.15, 0.2) is 0 Å². The number of anilines is 1. The van der Waals surface area contributed by atoms with Gasteiger partial charge in [-0.25, -0.2) is 4.98 Å². The molecule has 0 aliphatic carbocycles. The lowest BCUT2D eigenvalue weighted by Gasteiger charge is -2.41. The van der Waals surface area contributed by atoms with Crippen molar-refractivity contribution in [1.29, 1.82) is 5.26 Å². The molecule has 0 atom stereocenters. The van der Waals surface area contributed by atoms with Crippen LogP contribution in [0.15, 0.2) is 34.8 Å². The van der Waals surface area contributed by atoms with E-state index in [1.165, 1.54) is 18.8 Å². The molecule has 2 saturated heterocycles. The highest BCUT2D eigenvalue weighted by atomic mass is 35.5. The Morgan fingerprint density at radius 2 is 1.76 bits per heavy atom. The number of ether oxygens (including phenoxy) is 3. The van der Waals surface area contributed by atoms with Crippen LogP contribution in [0.5, 0.6) is 11.5 Å². The van der Waals surface area contributed by atoms with E-state index in [9.17, 15) is 19.6 Å². The molecule has 16 heteroatoms. The normalized spacial score (nSPS) is 16.4. The molecule has 2 aromatic heterocycles. The number of hydrogen-bond donors (Lipinski definition) is 1. The molecule has 0 saturated carbocycles. The van der Waals surface area contributed by atoms with Gasteiger partial charge in [0.05, 0.1) is 55.6 Å². The first-order chi connectivity index (χ1) is 24.3. The number of carbonyl (C=O) groups excluding carboxylic acids is 2. The first-order valence-corrected chi connectivity index (χ1v) is 17.3. The third kappa shape index (κ3) is 7.92. The highest BCUT2D eigenvalue weighted by molar-refractivity contribution is 6.41. The molecular formula is C35H42Cl2N8O6. The van der Waals surface area contributed by atoms with E-state index >= 15 is 0 Å². The molecule has 3 aromatic rings. The predicted molar refractivity (Wildman–Crippen MR) is 194 cm³/mol. The zero-order valence-corrected chi connectivity index (χ0v) is 31.1. The molecule has 5 rings (SSSR count). The number of pyridine rings is 1.